The van der Waals surface area contributed by atoms with Crippen molar-refractivity contribution in [3.63, 3.8) is 0 Å². The Morgan fingerprint density at radius 1 is 1.40 bits per heavy atom. The van der Waals surface area contributed by atoms with E-state index in [0.29, 0.717) is 0 Å². The topological polar surface area (TPSA) is 52.0 Å². The molecule has 0 aromatic carbocycles. The number of hydrogen-bond donors (Lipinski definition) is 2. The van der Waals surface area contributed by atoms with Crippen molar-refractivity contribution in [2.75, 3.05) is 0 Å². The molecule has 5 heavy (non-hydrogen) atoms. The molecule has 0 atom stereocenters. The molecular weight excluding hydrogens is 95.1 g/mol. The molecule has 4 heteroatoms. The fraction of sp³-hybridized carbons (Fsp3) is 0. The Labute approximate surface area is 58.2 Å². The van der Waals surface area contributed by atoms with Gasteiger partial charge in [0.2, 0.25) is 0 Å². The third-order valence-corrected chi connectivity index (χ3v) is 0. The summed E-state index contributed by atoms with van der Waals surface area (Å²) in [6, 6.07) is 0. The summed E-state index contributed by atoms with van der Waals surface area (Å²) in [6.07, 6.45) is 0. The van der Waals surface area contributed by atoms with E-state index < -0.39 is 0 Å². The number of thiocarbonyl (C=S) groups is 1. The maximum Gasteiger partial charge on any atom is 1.00 e. The first-order valence-corrected chi connectivity index (χ1v) is 1.19. The van der Waals surface area contributed by atoms with Crippen molar-refractivity contribution in [3.05, 3.63) is 0 Å². The van der Waals surface area contributed by atoms with Crippen LogP contribution in [0.2, 0.25) is 0 Å². The molecule has 4 N–H and O–H groups in total. The third kappa shape index (κ3) is 71.3. The minimum absolute atomic E-state index is 0. The van der Waals surface area contributed by atoms with E-state index in [4.69, 9.17) is 0 Å². The molecule has 0 rings (SSSR count). The molecule has 0 aliphatic heterocycles. The fourth-order valence-electron chi connectivity index (χ4n) is 0. The monoisotopic (exact) mass is 99.0 g/mol. The van der Waals surface area contributed by atoms with Gasteiger partial charge in [-0.2, -0.15) is 0 Å². The van der Waals surface area contributed by atoms with Crippen molar-refractivity contribution in [1.29, 1.82) is 0 Å². The van der Waals surface area contributed by atoms with E-state index in [1.807, 2.05) is 0 Å². The summed E-state index contributed by atoms with van der Waals surface area (Å²) in [4.78, 5) is 0. The summed E-state index contributed by atoms with van der Waals surface area (Å²) in [5, 5.41) is 0.000000000000000222. The molecule has 0 saturated heterocycles. The zero-order valence-corrected chi connectivity index (χ0v) is 5.88. The van der Waals surface area contributed by atoms with Crippen molar-refractivity contribution >= 4 is 17.3 Å². The van der Waals surface area contributed by atoms with E-state index in [2.05, 4.69) is 23.7 Å². The summed E-state index contributed by atoms with van der Waals surface area (Å²) < 4.78 is 0. The molecule has 0 aromatic heterocycles. The molecule has 0 unspecified atom stereocenters. The normalized spacial score (nSPS) is 4.80. The van der Waals surface area contributed by atoms with Gasteiger partial charge in [-0.05, 0) is 12.2 Å². The first kappa shape index (κ1) is 9.19. The SMILES string of the molecule is NC(N)=S.[Na+]. The number of nitrogens with two attached hydrogens (primary N) is 2. The zero-order chi connectivity index (χ0) is 3.58. The summed E-state index contributed by atoms with van der Waals surface area (Å²) in [5.41, 5.74) is 9.24. The average Bonchev–Trinajstić information content (AvgIpc) is 0.811. The maximum atomic E-state index is 4.62. The van der Waals surface area contributed by atoms with Crippen LogP contribution in [0.15, 0.2) is 0 Å². The van der Waals surface area contributed by atoms with Gasteiger partial charge < -0.3 is 11.5 Å². The minimum Gasteiger partial charge on any atom is -0.377 e. The van der Waals surface area contributed by atoms with Crippen molar-refractivity contribution in [2.24, 2.45) is 11.5 Å². The Kier molecular flexibility index (Phi) is 8.62. The molecule has 0 saturated carbocycles. The maximum absolute atomic E-state index is 4.62. The van der Waals surface area contributed by atoms with Crippen LogP contribution in [0, 0.1) is 0 Å². The molecule has 0 radical (unpaired) electrons. The Bertz CT molecular complexity index is 32.6. The molecular formula is CH4N2NaS+. The molecule has 2 nitrogen and oxygen atoms in total. The van der Waals surface area contributed by atoms with Gasteiger partial charge in [0.25, 0.3) is 0 Å². The van der Waals surface area contributed by atoms with Crippen LogP contribution in [0.4, 0.5) is 0 Å². The summed E-state index contributed by atoms with van der Waals surface area (Å²) in [5.74, 6) is 0. The zero-order valence-electron chi connectivity index (χ0n) is 3.06. The predicted molar refractivity (Wildman–Crippen MR) is 21.0 cm³/mol. The van der Waals surface area contributed by atoms with Crippen molar-refractivity contribution in [1.82, 2.24) is 0 Å². The number of hydrogen-bond acceptors (Lipinski definition) is 1. The van der Waals surface area contributed by atoms with E-state index in [-0.39, 0.29) is 34.7 Å². The van der Waals surface area contributed by atoms with Gasteiger partial charge in [0.1, 0.15) is 0 Å². The van der Waals surface area contributed by atoms with Crippen LogP contribution in [0.1, 0.15) is 0 Å². The Hall–Kier alpha value is 0.690. The molecule has 0 aliphatic carbocycles. The van der Waals surface area contributed by atoms with E-state index in [0.717, 1.165) is 0 Å². The molecule has 0 amide bonds. The average molecular weight is 99.1 g/mol. The van der Waals surface area contributed by atoms with Gasteiger partial charge in [-0.3, -0.25) is 0 Å². The van der Waals surface area contributed by atoms with Gasteiger partial charge in [0.15, 0.2) is 5.11 Å². The number of rotatable bonds is 0. The van der Waals surface area contributed by atoms with Crippen LogP contribution in [-0.4, -0.2) is 5.11 Å². The molecule has 24 valence electrons. The quantitative estimate of drug-likeness (QED) is 0.242. The van der Waals surface area contributed by atoms with Crippen LogP contribution in [-0.2, 0) is 0 Å². The van der Waals surface area contributed by atoms with Crippen molar-refractivity contribution < 1.29 is 29.6 Å². The van der Waals surface area contributed by atoms with E-state index in [1.54, 1.807) is 0 Å². The standard InChI is InChI=1S/CH4N2S.Na/c2-1(3)4;/h(H4,2,3,4);/q;+1. The van der Waals surface area contributed by atoms with Crippen LogP contribution in [0.3, 0.4) is 0 Å². The first-order valence-electron chi connectivity index (χ1n) is 0.781. The van der Waals surface area contributed by atoms with Crippen LogP contribution >= 0.6 is 12.2 Å². The second kappa shape index (κ2) is 4.69. The predicted octanol–water partition coefficient (Wildman–Crippen LogP) is -3.81. The van der Waals surface area contributed by atoms with Gasteiger partial charge in [0.05, 0.1) is 0 Å². The molecule has 0 heterocycles. The van der Waals surface area contributed by atoms with Crippen LogP contribution in [0.25, 0.3) is 0 Å². The van der Waals surface area contributed by atoms with Crippen molar-refractivity contribution in [3.8, 4) is 0 Å². The first-order chi connectivity index (χ1) is 1.73. The van der Waals surface area contributed by atoms with E-state index in [1.165, 1.54) is 0 Å². The Balaban J connectivity index is 0. The second-order valence-corrected chi connectivity index (χ2v) is 0.874. The summed E-state index contributed by atoms with van der Waals surface area (Å²) in [7, 11) is 0. The second-order valence-electron chi connectivity index (χ2n) is 0.402. The van der Waals surface area contributed by atoms with Gasteiger partial charge in [-0.1, -0.05) is 0 Å². The van der Waals surface area contributed by atoms with Crippen LogP contribution in [0.5, 0.6) is 0 Å². The van der Waals surface area contributed by atoms with E-state index >= 15 is 0 Å². The van der Waals surface area contributed by atoms with Crippen molar-refractivity contribution in [2.45, 2.75) is 0 Å². The molecule has 0 aromatic rings. The third-order valence-electron chi connectivity index (χ3n) is 0. The summed E-state index contributed by atoms with van der Waals surface area (Å²) >= 11 is 4.09. The van der Waals surface area contributed by atoms with Gasteiger partial charge in [-0.25, -0.2) is 0 Å². The smallest absolute Gasteiger partial charge is 0.377 e. The fourth-order valence-corrected chi connectivity index (χ4v) is 0. The largest absolute Gasteiger partial charge is 1.00 e. The minimum atomic E-state index is 0. The van der Waals surface area contributed by atoms with Gasteiger partial charge in [0, 0.05) is 0 Å². The van der Waals surface area contributed by atoms with Crippen LogP contribution < -0.4 is 41.0 Å². The van der Waals surface area contributed by atoms with E-state index in [9.17, 15) is 0 Å². The van der Waals surface area contributed by atoms with Gasteiger partial charge >= 0.3 is 29.6 Å². The molecule has 0 fully saturated rings. The molecule has 0 bridgehead atoms. The molecule has 0 aliphatic rings. The Morgan fingerprint density at radius 3 is 1.40 bits per heavy atom. The summed E-state index contributed by atoms with van der Waals surface area (Å²) in [6.45, 7) is 0. The molecule has 0 spiro atoms. The Morgan fingerprint density at radius 2 is 1.40 bits per heavy atom. The van der Waals surface area contributed by atoms with Gasteiger partial charge in [-0.15, -0.1) is 0 Å².